The number of carbonyl (C=O) groups is 1. The van der Waals surface area contributed by atoms with Gasteiger partial charge in [-0.2, -0.15) is 5.26 Å². The van der Waals surface area contributed by atoms with Crippen molar-refractivity contribution in [1.82, 2.24) is 0 Å². The molecule has 7 heteroatoms. The van der Waals surface area contributed by atoms with Gasteiger partial charge >= 0.3 is 0 Å². The Kier molecular flexibility index (Phi) is 6.06. The van der Waals surface area contributed by atoms with E-state index >= 15 is 0 Å². The maximum absolute atomic E-state index is 12.3. The van der Waals surface area contributed by atoms with E-state index < -0.39 is 5.91 Å². The second-order valence-electron chi connectivity index (χ2n) is 5.43. The molecule has 7 nitrogen and oxygen atoms in total. The first-order valence-electron chi connectivity index (χ1n) is 7.74. The third kappa shape index (κ3) is 4.45. The highest BCUT2D eigenvalue weighted by atomic mass is 16.5. The molecule has 2 aromatic rings. The summed E-state index contributed by atoms with van der Waals surface area (Å²) < 4.78 is 10.3. The van der Waals surface area contributed by atoms with Crippen LogP contribution in [0, 0.1) is 18.3 Å². The first-order chi connectivity index (χ1) is 12.5. The molecule has 134 valence electrons. The van der Waals surface area contributed by atoms with E-state index in [1.165, 1.54) is 20.4 Å². The Labute approximate surface area is 152 Å². The molecule has 0 aliphatic rings. The van der Waals surface area contributed by atoms with Crippen molar-refractivity contribution in [2.45, 2.75) is 6.92 Å². The number of nitrogens with zero attached hydrogens (tertiary/aromatic N) is 1. The van der Waals surface area contributed by atoms with Crippen LogP contribution in [0.1, 0.15) is 5.56 Å². The van der Waals surface area contributed by atoms with Crippen molar-refractivity contribution >= 4 is 23.0 Å². The summed E-state index contributed by atoms with van der Waals surface area (Å²) in [5, 5.41) is 14.8. The van der Waals surface area contributed by atoms with Crippen molar-refractivity contribution in [2.75, 3.05) is 30.6 Å². The average molecular weight is 352 g/mol. The largest absolute Gasteiger partial charge is 0.493 e. The zero-order valence-corrected chi connectivity index (χ0v) is 14.8. The Balaban J connectivity index is 2.16. The quantitative estimate of drug-likeness (QED) is 0.419. The molecular weight excluding hydrogens is 332 g/mol. The SMILES string of the molecule is COc1ccc(NC(=O)/C(C#N)=C\Nc2cc(C)ccc2N)cc1OC. The summed E-state index contributed by atoms with van der Waals surface area (Å²) >= 11 is 0. The lowest BCUT2D eigenvalue weighted by atomic mass is 10.2. The Bertz CT molecular complexity index is 885. The predicted molar refractivity (Wildman–Crippen MR) is 101 cm³/mol. The number of rotatable bonds is 6. The van der Waals surface area contributed by atoms with E-state index in [2.05, 4.69) is 10.6 Å². The van der Waals surface area contributed by atoms with Crippen LogP contribution in [-0.4, -0.2) is 20.1 Å². The number of ether oxygens (including phenoxy) is 2. The minimum Gasteiger partial charge on any atom is -0.493 e. The molecule has 1 amide bonds. The summed E-state index contributed by atoms with van der Waals surface area (Å²) in [5.74, 6) is 0.454. The monoisotopic (exact) mass is 352 g/mol. The van der Waals surface area contributed by atoms with Crippen molar-refractivity contribution in [3.05, 3.63) is 53.7 Å². The van der Waals surface area contributed by atoms with Crippen LogP contribution in [0.5, 0.6) is 11.5 Å². The maximum atomic E-state index is 12.3. The standard InChI is InChI=1S/C19H20N4O3/c1-12-4-6-15(21)16(8-12)22-11-13(10-20)19(24)23-14-5-7-17(25-2)18(9-14)26-3/h4-9,11,22H,21H2,1-3H3,(H,23,24)/b13-11-. The van der Waals surface area contributed by atoms with Gasteiger partial charge < -0.3 is 25.8 Å². The second-order valence-corrected chi connectivity index (χ2v) is 5.43. The van der Waals surface area contributed by atoms with Crippen LogP contribution in [0.3, 0.4) is 0 Å². The molecule has 0 atom stereocenters. The van der Waals surface area contributed by atoms with Crippen molar-refractivity contribution in [1.29, 1.82) is 5.26 Å². The van der Waals surface area contributed by atoms with E-state index in [4.69, 9.17) is 15.2 Å². The third-order valence-electron chi connectivity index (χ3n) is 3.59. The minimum absolute atomic E-state index is 0.0966. The topological polar surface area (TPSA) is 109 Å². The maximum Gasteiger partial charge on any atom is 0.267 e. The molecule has 0 saturated heterocycles. The van der Waals surface area contributed by atoms with E-state index in [-0.39, 0.29) is 5.57 Å². The highest BCUT2D eigenvalue weighted by molar-refractivity contribution is 6.06. The van der Waals surface area contributed by atoms with Gasteiger partial charge in [0.1, 0.15) is 11.6 Å². The second kappa shape index (κ2) is 8.44. The van der Waals surface area contributed by atoms with Crippen molar-refractivity contribution in [3.63, 3.8) is 0 Å². The minimum atomic E-state index is -0.557. The first kappa shape index (κ1) is 18.7. The lowest BCUT2D eigenvalue weighted by molar-refractivity contribution is -0.112. The summed E-state index contributed by atoms with van der Waals surface area (Å²) in [6.45, 7) is 1.92. The number of nitrogen functional groups attached to an aromatic ring is 1. The summed E-state index contributed by atoms with van der Waals surface area (Å²) in [6.07, 6.45) is 1.32. The molecule has 0 saturated carbocycles. The van der Waals surface area contributed by atoms with Crippen LogP contribution in [0.15, 0.2) is 48.2 Å². The van der Waals surface area contributed by atoms with Gasteiger partial charge in [-0.1, -0.05) is 6.07 Å². The van der Waals surface area contributed by atoms with Gasteiger partial charge in [0.05, 0.1) is 25.6 Å². The zero-order chi connectivity index (χ0) is 19.1. The Morgan fingerprint density at radius 3 is 2.54 bits per heavy atom. The van der Waals surface area contributed by atoms with Gasteiger partial charge in [0.15, 0.2) is 11.5 Å². The number of nitrogens with two attached hydrogens (primary N) is 1. The highest BCUT2D eigenvalue weighted by Crippen LogP contribution is 2.29. The van der Waals surface area contributed by atoms with E-state index in [9.17, 15) is 10.1 Å². The van der Waals surface area contributed by atoms with Crippen LogP contribution < -0.4 is 25.8 Å². The van der Waals surface area contributed by atoms with E-state index in [1.807, 2.05) is 25.1 Å². The Hall–Kier alpha value is -3.66. The van der Waals surface area contributed by atoms with Crippen LogP contribution >= 0.6 is 0 Å². The molecule has 0 aromatic heterocycles. The lowest BCUT2D eigenvalue weighted by Crippen LogP contribution is -2.14. The van der Waals surface area contributed by atoms with E-state index in [0.717, 1.165) is 5.56 Å². The number of amides is 1. The summed E-state index contributed by atoms with van der Waals surface area (Å²) in [5.41, 5.74) is 8.40. The number of carbonyl (C=O) groups excluding carboxylic acids is 1. The molecule has 0 fully saturated rings. The van der Waals surface area contributed by atoms with Crippen LogP contribution in [0.25, 0.3) is 0 Å². The van der Waals surface area contributed by atoms with Gasteiger partial charge in [-0.3, -0.25) is 4.79 Å². The van der Waals surface area contributed by atoms with Gasteiger partial charge in [-0.25, -0.2) is 0 Å². The molecule has 0 radical (unpaired) electrons. The van der Waals surface area contributed by atoms with E-state index in [1.54, 1.807) is 24.3 Å². The molecule has 4 N–H and O–H groups in total. The highest BCUT2D eigenvalue weighted by Gasteiger charge is 2.12. The number of hydrogen-bond donors (Lipinski definition) is 3. The molecular formula is C19H20N4O3. The van der Waals surface area contributed by atoms with Crippen molar-refractivity contribution in [3.8, 4) is 17.6 Å². The number of benzene rings is 2. The van der Waals surface area contributed by atoms with Gasteiger partial charge in [-0.05, 0) is 36.8 Å². The fourth-order valence-corrected chi connectivity index (χ4v) is 2.21. The Morgan fingerprint density at radius 2 is 1.88 bits per heavy atom. The number of aryl methyl sites for hydroxylation is 1. The predicted octanol–water partition coefficient (Wildman–Crippen LogP) is 3.05. The van der Waals surface area contributed by atoms with Gasteiger partial charge in [0.25, 0.3) is 5.91 Å². The third-order valence-corrected chi connectivity index (χ3v) is 3.59. The van der Waals surface area contributed by atoms with Gasteiger partial charge in [0, 0.05) is 18.0 Å². The molecule has 0 aliphatic carbocycles. The van der Waals surface area contributed by atoms with Gasteiger partial charge in [0.2, 0.25) is 0 Å². The number of anilines is 3. The van der Waals surface area contributed by atoms with Crippen molar-refractivity contribution < 1.29 is 14.3 Å². The molecule has 0 bridgehead atoms. The molecule has 2 rings (SSSR count). The molecule has 0 spiro atoms. The fourth-order valence-electron chi connectivity index (χ4n) is 2.21. The number of methoxy groups -OCH3 is 2. The molecule has 2 aromatic carbocycles. The molecule has 26 heavy (non-hydrogen) atoms. The first-order valence-corrected chi connectivity index (χ1v) is 7.74. The number of nitrogens with one attached hydrogen (secondary N) is 2. The van der Waals surface area contributed by atoms with Gasteiger partial charge in [-0.15, -0.1) is 0 Å². The molecule has 0 unspecified atom stereocenters. The van der Waals surface area contributed by atoms with Crippen molar-refractivity contribution in [2.24, 2.45) is 0 Å². The van der Waals surface area contributed by atoms with Crippen LogP contribution in [0.2, 0.25) is 0 Å². The summed E-state index contributed by atoms with van der Waals surface area (Å²) in [7, 11) is 3.02. The van der Waals surface area contributed by atoms with Crippen LogP contribution in [-0.2, 0) is 4.79 Å². The number of nitriles is 1. The average Bonchev–Trinajstić information content (AvgIpc) is 2.64. The normalized spacial score (nSPS) is 10.6. The zero-order valence-electron chi connectivity index (χ0n) is 14.8. The molecule has 0 aliphatic heterocycles. The number of hydrogen-bond acceptors (Lipinski definition) is 6. The molecule has 0 heterocycles. The Morgan fingerprint density at radius 1 is 1.15 bits per heavy atom. The van der Waals surface area contributed by atoms with E-state index in [0.29, 0.717) is 28.6 Å². The lowest BCUT2D eigenvalue weighted by Gasteiger charge is -2.11. The fraction of sp³-hybridized carbons (Fsp3) is 0.158. The smallest absolute Gasteiger partial charge is 0.267 e. The summed E-state index contributed by atoms with van der Waals surface area (Å²) in [6, 6.07) is 12.2. The van der Waals surface area contributed by atoms with Crippen LogP contribution in [0.4, 0.5) is 17.1 Å². The summed E-state index contributed by atoms with van der Waals surface area (Å²) in [4.78, 5) is 12.3.